The molecule has 0 aliphatic carbocycles. The van der Waals surface area contributed by atoms with Gasteiger partial charge in [-0.15, -0.1) is 10.2 Å². The van der Waals surface area contributed by atoms with E-state index in [4.69, 9.17) is 4.74 Å². The summed E-state index contributed by atoms with van der Waals surface area (Å²) >= 11 is 1.48. The second-order valence-electron chi connectivity index (χ2n) is 6.25. The van der Waals surface area contributed by atoms with Crippen LogP contribution < -0.4 is 10.1 Å². The van der Waals surface area contributed by atoms with Crippen LogP contribution in [-0.4, -0.2) is 32.3 Å². The van der Waals surface area contributed by atoms with E-state index in [1.807, 2.05) is 62.4 Å². The SMILES string of the molecule is CCc1nnc2sc(-c3ccc(NC(=O)COc4ccccc4C)cc3)nn12. The molecule has 8 heteroatoms. The summed E-state index contributed by atoms with van der Waals surface area (Å²) in [6.45, 7) is 3.93. The molecule has 0 atom stereocenters. The summed E-state index contributed by atoms with van der Waals surface area (Å²) in [4.78, 5) is 12.9. The number of nitrogens with one attached hydrogen (secondary N) is 1. The number of anilines is 1. The minimum absolute atomic E-state index is 0.0386. The molecule has 0 aliphatic rings. The molecule has 1 N–H and O–H groups in total. The van der Waals surface area contributed by atoms with Gasteiger partial charge in [0.25, 0.3) is 5.91 Å². The van der Waals surface area contributed by atoms with Crippen LogP contribution in [0.5, 0.6) is 5.75 Å². The molecule has 0 saturated carbocycles. The third kappa shape index (κ3) is 3.72. The summed E-state index contributed by atoms with van der Waals surface area (Å²) < 4.78 is 7.35. The number of para-hydroxylation sites is 1. The van der Waals surface area contributed by atoms with Gasteiger partial charge in [0.1, 0.15) is 10.8 Å². The van der Waals surface area contributed by atoms with Gasteiger partial charge in [-0.3, -0.25) is 4.79 Å². The second-order valence-corrected chi connectivity index (χ2v) is 7.21. The van der Waals surface area contributed by atoms with Crippen molar-refractivity contribution in [3.63, 3.8) is 0 Å². The molecule has 2 aromatic carbocycles. The number of carbonyl (C=O) groups is 1. The molecular weight excluding hydrogens is 374 g/mol. The summed E-state index contributed by atoms with van der Waals surface area (Å²) in [5.74, 6) is 1.35. The van der Waals surface area contributed by atoms with E-state index in [-0.39, 0.29) is 12.5 Å². The number of hydrogen-bond donors (Lipinski definition) is 1. The Balaban J connectivity index is 1.40. The summed E-state index contributed by atoms with van der Waals surface area (Å²) in [7, 11) is 0. The third-order valence-electron chi connectivity index (χ3n) is 4.24. The van der Waals surface area contributed by atoms with Gasteiger partial charge in [-0.05, 0) is 42.8 Å². The van der Waals surface area contributed by atoms with Crippen molar-refractivity contribution in [2.24, 2.45) is 0 Å². The highest BCUT2D eigenvalue weighted by molar-refractivity contribution is 7.19. The Kier molecular flexibility index (Phi) is 5.03. The minimum Gasteiger partial charge on any atom is -0.483 e. The van der Waals surface area contributed by atoms with E-state index in [0.717, 1.165) is 33.3 Å². The summed E-state index contributed by atoms with van der Waals surface area (Å²) in [5.41, 5.74) is 2.67. The number of carbonyl (C=O) groups excluding carboxylic acids is 1. The standard InChI is InChI=1S/C20H19N5O2S/c1-3-17-22-23-20-25(17)24-19(28-20)14-8-10-15(11-9-14)21-18(26)12-27-16-7-5-4-6-13(16)2/h4-11H,3,12H2,1-2H3,(H,21,26). The molecule has 28 heavy (non-hydrogen) atoms. The topological polar surface area (TPSA) is 81.4 Å². The second kappa shape index (κ2) is 7.77. The van der Waals surface area contributed by atoms with E-state index in [1.54, 1.807) is 4.52 Å². The van der Waals surface area contributed by atoms with Crippen LogP contribution in [0.4, 0.5) is 5.69 Å². The van der Waals surface area contributed by atoms with Crippen LogP contribution >= 0.6 is 11.3 Å². The number of rotatable bonds is 6. The van der Waals surface area contributed by atoms with Gasteiger partial charge in [0.2, 0.25) is 4.96 Å². The van der Waals surface area contributed by atoms with E-state index in [0.29, 0.717) is 11.4 Å². The number of amides is 1. The molecule has 0 radical (unpaired) electrons. The van der Waals surface area contributed by atoms with Gasteiger partial charge >= 0.3 is 0 Å². The molecular formula is C20H19N5O2S. The van der Waals surface area contributed by atoms with Crippen LogP contribution in [0.25, 0.3) is 15.5 Å². The lowest BCUT2D eigenvalue weighted by Gasteiger charge is -2.09. The number of aromatic nitrogens is 4. The first-order valence-electron chi connectivity index (χ1n) is 8.94. The first-order valence-corrected chi connectivity index (χ1v) is 9.75. The Bertz CT molecular complexity index is 1120. The van der Waals surface area contributed by atoms with Crippen molar-refractivity contribution in [1.29, 1.82) is 0 Å². The third-order valence-corrected chi connectivity index (χ3v) is 5.19. The van der Waals surface area contributed by atoms with Gasteiger partial charge in [-0.2, -0.15) is 9.61 Å². The molecule has 0 saturated heterocycles. The van der Waals surface area contributed by atoms with E-state index in [1.165, 1.54) is 11.3 Å². The Hall–Kier alpha value is -3.26. The first-order chi connectivity index (χ1) is 13.6. The van der Waals surface area contributed by atoms with Crippen molar-refractivity contribution >= 4 is 27.9 Å². The number of aryl methyl sites for hydroxylation is 2. The van der Waals surface area contributed by atoms with Gasteiger partial charge in [0, 0.05) is 17.7 Å². The molecule has 2 heterocycles. The molecule has 7 nitrogen and oxygen atoms in total. The molecule has 0 bridgehead atoms. The summed E-state index contributed by atoms with van der Waals surface area (Å²) in [5, 5.41) is 16.5. The molecule has 0 unspecified atom stereocenters. The fourth-order valence-electron chi connectivity index (χ4n) is 2.75. The van der Waals surface area contributed by atoms with Crippen LogP contribution in [0.3, 0.4) is 0 Å². The predicted octanol–water partition coefficient (Wildman–Crippen LogP) is 3.74. The lowest BCUT2D eigenvalue weighted by molar-refractivity contribution is -0.118. The van der Waals surface area contributed by atoms with Gasteiger partial charge in [-0.25, -0.2) is 0 Å². The van der Waals surface area contributed by atoms with Crippen molar-refractivity contribution in [3.05, 3.63) is 59.9 Å². The van der Waals surface area contributed by atoms with Crippen molar-refractivity contribution in [2.75, 3.05) is 11.9 Å². The predicted molar refractivity (Wildman–Crippen MR) is 109 cm³/mol. The van der Waals surface area contributed by atoms with Crippen LogP contribution in [0.1, 0.15) is 18.3 Å². The molecule has 0 fully saturated rings. The summed E-state index contributed by atoms with van der Waals surface area (Å²) in [6.07, 6.45) is 0.778. The highest BCUT2D eigenvalue weighted by atomic mass is 32.1. The van der Waals surface area contributed by atoms with Crippen LogP contribution in [-0.2, 0) is 11.2 Å². The highest BCUT2D eigenvalue weighted by Gasteiger charge is 2.12. The minimum atomic E-state index is -0.206. The largest absolute Gasteiger partial charge is 0.483 e. The van der Waals surface area contributed by atoms with Crippen molar-refractivity contribution in [1.82, 2.24) is 19.8 Å². The maximum atomic E-state index is 12.1. The lowest BCUT2D eigenvalue weighted by atomic mass is 10.2. The maximum absolute atomic E-state index is 12.1. The van der Waals surface area contributed by atoms with Gasteiger partial charge in [-0.1, -0.05) is 36.5 Å². The van der Waals surface area contributed by atoms with E-state index in [9.17, 15) is 4.79 Å². The Morgan fingerprint density at radius 3 is 2.68 bits per heavy atom. The van der Waals surface area contributed by atoms with Crippen LogP contribution in [0.15, 0.2) is 48.5 Å². The lowest BCUT2D eigenvalue weighted by Crippen LogP contribution is -2.20. The Morgan fingerprint density at radius 1 is 1.14 bits per heavy atom. The number of nitrogens with zero attached hydrogens (tertiary/aromatic N) is 4. The van der Waals surface area contributed by atoms with E-state index < -0.39 is 0 Å². The molecule has 1 amide bonds. The van der Waals surface area contributed by atoms with Crippen LogP contribution in [0, 0.1) is 6.92 Å². The van der Waals surface area contributed by atoms with E-state index >= 15 is 0 Å². The molecule has 4 aromatic rings. The average Bonchev–Trinajstić information content (AvgIpc) is 3.28. The van der Waals surface area contributed by atoms with Crippen LogP contribution in [0.2, 0.25) is 0 Å². The zero-order chi connectivity index (χ0) is 19.5. The molecule has 142 valence electrons. The fourth-order valence-corrected chi connectivity index (χ4v) is 3.61. The monoisotopic (exact) mass is 393 g/mol. The number of hydrogen-bond acceptors (Lipinski definition) is 6. The molecule has 4 rings (SSSR count). The van der Waals surface area contributed by atoms with Crippen molar-refractivity contribution < 1.29 is 9.53 Å². The zero-order valence-electron chi connectivity index (χ0n) is 15.5. The first kappa shape index (κ1) is 18.1. The zero-order valence-corrected chi connectivity index (χ0v) is 16.4. The smallest absolute Gasteiger partial charge is 0.262 e. The Morgan fingerprint density at radius 2 is 1.93 bits per heavy atom. The molecule has 2 aromatic heterocycles. The number of fused-ring (bicyclic) bond motifs is 1. The van der Waals surface area contributed by atoms with Gasteiger partial charge in [0.15, 0.2) is 12.4 Å². The van der Waals surface area contributed by atoms with E-state index in [2.05, 4.69) is 20.6 Å². The average molecular weight is 393 g/mol. The fraction of sp³-hybridized carbons (Fsp3) is 0.200. The highest BCUT2D eigenvalue weighted by Crippen LogP contribution is 2.26. The van der Waals surface area contributed by atoms with Crippen molar-refractivity contribution in [3.8, 4) is 16.3 Å². The van der Waals surface area contributed by atoms with Gasteiger partial charge in [0.05, 0.1) is 0 Å². The maximum Gasteiger partial charge on any atom is 0.262 e. The molecule has 0 aliphatic heterocycles. The van der Waals surface area contributed by atoms with Crippen molar-refractivity contribution in [2.45, 2.75) is 20.3 Å². The number of benzene rings is 2. The summed E-state index contributed by atoms with van der Waals surface area (Å²) in [6, 6.07) is 15.2. The molecule has 0 spiro atoms. The quantitative estimate of drug-likeness (QED) is 0.540. The number of ether oxygens (including phenoxy) is 1. The van der Waals surface area contributed by atoms with Gasteiger partial charge < -0.3 is 10.1 Å². The Labute approximate surface area is 166 Å². The normalized spacial score (nSPS) is 10.9.